The number of halogens is 2. The van der Waals surface area contributed by atoms with Gasteiger partial charge in [-0.15, -0.1) is 0 Å². The fourth-order valence-corrected chi connectivity index (χ4v) is 2.39. The number of carbonyl (C=O) groups is 2. The number of amides is 2. The Morgan fingerprint density at radius 3 is 2.94 bits per heavy atom. The van der Waals surface area contributed by atoms with Gasteiger partial charge in [-0.2, -0.15) is 0 Å². The van der Waals surface area contributed by atoms with Crippen LogP contribution in [0.3, 0.4) is 0 Å². The van der Waals surface area contributed by atoms with Crippen molar-refractivity contribution in [1.82, 2.24) is 10.6 Å². The maximum atomic E-state index is 11.5. The second-order valence-corrected chi connectivity index (χ2v) is 5.44. The zero-order chi connectivity index (χ0) is 13.1. The minimum atomic E-state index is -0.335. The summed E-state index contributed by atoms with van der Waals surface area (Å²) in [5, 5.41) is 6.07. The average Bonchev–Trinajstić information content (AvgIpc) is 2.32. The van der Waals surface area contributed by atoms with Gasteiger partial charge in [-0.05, 0) is 30.2 Å². The summed E-state index contributed by atoms with van der Waals surface area (Å²) < 4.78 is 0.937. The molecule has 18 heavy (non-hydrogen) atoms. The van der Waals surface area contributed by atoms with Crippen LogP contribution >= 0.6 is 27.5 Å². The molecule has 0 bridgehead atoms. The lowest BCUT2D eigenvalue weighted by atomic mass is 10.1. The van der Waals surface area contributed by atoms with Crippen LogP contribution in [0.5, 0.6) is 0 Å². The molecule has 4 nitrogen and oxygen atoms in total. The Morgan fingerprint density at radius 2 is 2.22 bits per heavy atom. The Hall–Kier alpha value is -0.910. The van der Waals surface area contributed by atoms with Crippen LogP contribution in [0.1, 0.15) is 18.4 Å². The highest BCUT2D eigenvalue weighted by Gasteiger charge is 2.25. The van der Waals surface area contributed by atoms with E-state index in [-0.39, 0.29) is 17.9 Å². The van der Waals surface area contributed by atoms with Gasteiger partial charge in [0.05, 0.1) is 6.04 Å². The van der Waals surface area contributed by atoms with E-state index >= 15 is 0 Å². The van der Waals surface area contributed by atoms with Gasteiger partial charge in [0.1, 0.15) is 0 Å². The molecule has 0 radical (unpaired) electrons. The predicted octanol–water partition coefficient (Wildman–Crippen LogP) is 2.00. The van der Waals surface area contributed by atoms with E-state index in [1.807, 2.05) is 12.1 Å². The van der Waals surface area contributed by atoms with Gasteiger partial charge in [0.15, 0.2) is 0 Å². The van der Waals surface area contributed by atoms with E-state index in [1.165, 1.54) is 0 Å². The summed E-state index contributed by atoms with van der Waals surface area (Å²) in [5.41, 5.74) is 0.913. The molecule has 1 aliphatic heterocycles. The average molecular weight is 332 g/mol. The maximum absolute atomic E-state index is 11.5. The molecular weight excluding hydrogens is 320 g/mol. The second-order valence-electron chi connectivity index (χ2n) is 4.12. The van der Waals surface area contributed by atoms with Crippen LogP contribution in [-0.2, 0) is 16.1 Å². The monoisotopic (exact) mass is 330 g/mol. The number of hydrogen-bond acceptors (Lipinski definition) is 3. The van der Waals surface area contributed by atoms with Gasteiger partial charge in [-0.25, -0.2) is 0 Å². The lowest BCUT2D eigenvalue weighted by Crippen LogP contribution is -2.50. The minimum absolute atomic E-state index is 0.210. The topological polar surface area (TPSA) is 58.2 Å². The predicted molar refractivity (Wildman–Crippen MR) is 72.2 cm³/mol. The summed E-state index contributed by atoms with van der Waals surface area (Å²) in [6.07, 6.45) is 0.895. The minimum Gasteiger partial charge on any atom is -0.302 e. The third kappa shape index (κ3) is 3.31. The van der Waals surface area contributed by atoms with Crippen molar-refractivity contribution in [1.29, 1.82) is 0 Å². The van der Waals surface area contributed by atoms with Gasteiger partial charge in [0, 0.05) is 22.5 Å². The van der Waals surface area contributed by atoms with Crippen molar-refractivity contribution in [2.24, 2.45) is 0 Å². The number of piperidine rings is 1. The Balaban J connectivity index is 1.97. The van der Waals surface area contributed by atoms with E-state index in [9.17, 15) is 9.59 Å². The van der Waals surface area contributed by atoms with Crippen LogP contribution in [0.15, 0.2) is 22.7 Å². The van der Waals surface area contributed by atoms with Gasteiger partial charge < -0.3 is 5.32 Å². The van der Waals surface area contributed by atoms with Crippen molar-refractivity contribution in [3.05, 3.63) is 33.3 Å². The first-order valence-corrected chi connectivity index (χ1v) is 6.74. The maximum Gasteiger partial charge on any atom is 0.243 e. The van der Waals surface area contributed by atoms with Crippen LogP contribution in [0.2, 0.25) is 5.02 Å². The molecule has 1 aliphatic rings. The summed E-state index contributed by atoms with van der Waals surface area (Å²) in [5.74, 6) is -0.476. The summed E-state index contributed by atoms with van der Waals surface area (Å²) in [6, 6.07) is 5.23. The molecule has 2 amide bonds. The van der Waals surface area contributed by atoms with Crippen molar-refractivity contribution in [2.45, 2.75) is 25.4 Å². The Kier molecular flexibility index (Phi) is 4.37. The molecule has 1 aromatic rings. The molecule has 1 fully saturated rings. The first-order valence-electron chi connectivity index (χ1n) is 5.57. The van der Waals surface area contributed by atoms with Crippen LogP contribution in [0.4, 0.5) is 0 Å². The lowest BCUT2D eigenvalue weighted by Gasteiger charge is -2.22. The fourth-order valence-electron chi connectivity index (χ4n) is 1.80. The van der Waals surface area contributed by atoms with Crippen molar-refractivity contribution in [2.75, 3.05) is 0 Å². The molecule has 1 atom stereocenters. The quantitative estimate of drug-likeness (QED) is 0.833. The van der Waals surface area contributed by atoms with Crippen molar-refractivity contribution in [3.63, 3.8) is 0 Å². The molecule has 6 heteroatoms. The normalized spacial score (nSPS) is 19.8. The van der Waals surface area contributed by atoms with Gasteiger partial charge in [0.25, 0.3) is 0 Å². The van der Waals surface area contributed by atoms with Gasteiger partial charge in [-0.3, -0.25) is 14.9 Å². The van der Waals surface area contributed by atoms with E-state index in [0.29, 0.717) is 24.4 Å². The fraction of sp³-hybridized carbons (Fsp3) is 0.333. The second kappa shape index (κ2) is 5.82. The number of nitrogens with one attached hydrogen (secondary N) is 2. The molecule has 0 aliphatic carbocycles. The van der Waals surface area contributed by atoms with Crippen molar-refractivity contribution < 1.29 is 9.59 Å². The Morgan fingerprint density at radius 1 is 1.44 bits per heavy atom. The van der Waals surface area contributed by atoms with E-state index in [0.717, 1.165) is 10.0 Å². The molecule has 0 aromatic heterocycles. The number of benzene rings is 1. The standard InChI is InChI=1S/C12H12BrClN2O2/c13-8-1-2-9(14)7(5-8)6-15-10-3-4-11(17)16-12(10)18/h1-2,5,10,15H,3-4,6H2,(H,16,17,18). The highest BCUT2D eigenvalue weighted by molar-refractivity contribution is 9.10. The first kappa shape index (κ1) is 13.5. The van der Waals surface area contributed by atoms with Gasteiger partial charge in [0.2, 0.25) is 11.8 Å². The first-order chi connectivity index (χ1) is 8.56. The number of hydrogen-bond donors (Lipinski definition) is 2. The van der Waals surface area contributed by atoms with E-state index in [2.05, 4.69) is 26.6 Å². The molecule has 1 unspecified atom stereocenters. The molecule has 1 heterocycles. The molecule has 2 rings (SSSR count). The highest BCUT2D eigenvalue weighted by Crippen LogP contribution is 2.21. The molecule has 0 saturated carbocycles. The Bertz CT molecular complexity index is 493. The summed E-state index contributed by atoms with van der Waals surface area (Å²) in [4.78, 5) is 22.5. The summed E-state index contributed by atoms with van der Waals surface area (Å²) >= 11 is 9.43. The lowest BCUT2D eigenvalue weighted by molar-refractivity contribution is -0.134. The van der Waals surface area contributed by atoms with E-state index < -0.39 is 0 Å². The number of carbonyl (C=O) groups excluding carboxylic acids is 2. The summed E-state index contributed by atoms with van der Waals surface area (Å²) in [6.45, 7) is 0.491. The van der Waals surface area contributed by atoms with Crippen LogP contribution in [-0.4, -0.2) is 17.9 Å². The van der Waals surface area contributed by atoms with Crippen LogP contribution in [0.25, 0.3) is 0 Å². The van der Waals surface area contributed by atoms with Crippen molar-refractivity contribution in [3.8, 4) is 0 Å². The SMILES string of the molecule is O=C1CCC(NCc2cc(Br)ccc2Cl)C(=O)N1. The number of rotatable bonds is 3. The van der Waals surface area contributed by atoms with Crippen LogP contribution < -0.4 is 10.6 Å². The van der Waals surface area contributed by atoms with Crippen molar-refractivity contribution >= 4 is 39.3 Å². The molecule has 2 N–H and O–H groups in total. The molecule has 0 spiro atoms. The summed E-state index contributed by atoms with van der Waals surface area (Å²) in [7, 11) is 0. The van der Waals surface area contributed by atoms with Gasteiger partial charge in [-0.1, -0.05) is 27.5 Å². The third-order valence-electron chi connectivity index (χ3n) is 2.79. The smallest absolute Gasteiger partial charge is 0.243 e. The Labute approximate surface area is 118 Å². The van der Waals surface area contributed by atoms with Gasteiger partial charge >= 0.3 is 0 Å². The number of imide groups is 1. The third-order valence-corrected chi connectivity index (χ3v) is 3.65. The van der Waals surface area contributed by atoms with E-state index in [1.54, 1.807) is 6.07 Å². The molecule has 1 aromatic carbocycles. The highest BCUT2D eigenvalue weighted by atomic mass is 79.9. The zero-order valence-electron chi connectivity index (χ0n) is 9.50. The molecule has 1 saturated heterocycles. The largest absolute Gasteiger partial charge is 0.302 e. The molecule has 96 valence electrons. The zero-order valence-corrected chi connectivity index (χ0v) is 11.8. The van der Waals surface area contributed by atoms with E-state index in [4.69, 9.17) is 11.6 Å². The van der Waals surface area contributed by atoms with Crippen LogP contribution in [0, 0.1) is 0 Å². The molecular formula is C12H12BrClN2O2.